The zero-order valence-electron chi connectivity index (χ0n) is 15.0. The van der Waals surface area contributed by atoms with Crippen LogP contribution in [0.15, 0.2) is 79.1 Å². The van der Waals surface area contributed by atoms with Crippen molar-refractivity contribution < 1.29 is 22.2 Å². The number of nitrogens with zero attached hydrogens (tertiary/aromatic N) is 2. The number of rotatable bonds is 3. The van der Waals surface area contributed by atoms with Gasteiger partial charge in [-0.3, -0.25) is 0 Å². The van der Waals surface area contributed by atoms with Gasteiger partial charge in [-0.2, -0.15) is 0 Å². The third-order valence-corrected chi connectivity index (χ3v) is 8.47. The number of hydrogen-bond donors (Lipinski definition) is 0. The minimum atomic E-state index is -0.782. The summed E-state index contributed by atoms with van der Waals surface area (Å²) in [4.78, 5) is 4.64. The van der Waals surface area contributed by atoms with Crippen molar-refractivity contribution in [2.45, 2.75) is 19.3 Å². The van der Waals surface area contributed by atoms with Crippen molar-refractivity contribution >= 4 is 30.7 Å². The van der Waals surface area contributed by atoms with Crippen molar-refractivity contribution in [2.24, 2.45) is 0 Å². The van der Waals surface area contributed by atoms with E-state index in [1.807, 2.05) is 12.3 Å². The summed E-state index contributed by atoms with van der Waals surface area (Å²) >= 11 is -0.782. The summed E-state index contributed by atoms with van der Waals surface area (Å²) in [5.41, 5.74) is 3.76. The molecule has 4 aromatic rings. The van der Waals surface area contributed by atoms with Crippen LogP contribution in [0, 0.1) is 0 Å². The van der Waals surface area contributed by atoms with Crippen molar-refractivity contribution in [3.8, 4) is 0 Å². The summed E-state index contributed by atoms with van der Waals surface area (Å²) < 4.78 is 7.22. The second-order valence-corrected chi connectivity index (χ2v) is 9.52. The average molecular weight is 509 g/mol. The molecule has 128 valence electrons. The molecule has 26 heavy (non-hydrogen) atoms. The van der Waals surface area contributed by atoms with Crippen LogP contribution in [0.2, 0.25) is 0 Å². The number of pyridine rings is 2. The van der Waals surface area contributed by atoms with E-state index >= 15 is 0 Å². The summed E-state index contributed by atoms with van der Waals surface area (Å²) in [5.74, 6) is 0. The Bertz CT molecular complexity index is 1140. The molecule has 0 radical (unpaired) electrons. The van der Waals surface area contributed by atoms with E-state index in [1.165, 1.54) is 21.9 Å². The van der Waals surface area contributed by atoms with Crippen molar-refractivity contribution in [3.05, 3.63) is 84.7 Å². The van der Waals surface area contributed by atoms with Gasteiger partial charge in [0.1, 0.15) is 0 Å². The van der Waals surface area contributed by atoms with Crippen LogP contribution < -0.4 is 4.57 Å². The van der Waals surface area contributed by atoms with Crippen LogP contribution in [-0.4, -0.2) is 13.9 Å². The van der Waals surface area contributed by atoms with Gasteiger partial charge in [0.15, 0.2) is 0 Å². The predicted octanol–water partition coefficient (Wildman–Crippen LogP) is 4.15. The zero-order chi connectivity index (χ0) is 18.0. The van der Waals surface area contributed by atoms with E-state index in [0.29, 0.717) is 0 Å². The molecule has 0 saturated carbocycles. The number of benzene rings is 2. The molecule has 3 heteroatoms. The Morgan fingerprint density at radius 1 is 0.885 bits per heavy atom. The first kappa shape index (κ1) is 17.1. The fourth-order valence-electron chi connectivity index (χ4n) is 3.15. The van der Waals surface area contributed by atoms with Crippen molar-refractivity contribution in [3.63, 3.8) is 0 Å². The van der Waals surface area contributed by atoms with E-state index in [2.05, 4.69) is 99.2 Å². The van der Waals surface area contributed by atoms with Crippen LogP contribution in [0.25, 0.3) is 21.8 Å². The second-order valence-electron chi connectivity index (χ2n) is 6.94. The first-order valence-electron chi connectivity index (χ1n) is 8.71. The number of fused-ring (bicyclic) bond motifs is 3. The maximum absolute atomic E-state index is 4.64. The van der Waals surface area contributed by atoms with E-state index in [9.17, 15) is 0 Å². The second kappa shape index (κ2) is 7.13. The average Bonchev–Trinajstić information content (AvgIpc) is 2.68. The summed E-state index contributed by atoms with van der Waals surface area (Å²) in [6, 6.07) is 23.5. The Labute approximate surface area is 161 Å². The Morgan fingerprint density at radius 3 is 2.50 bits per heavy atom. The van der Waals surface area contributed by atoms with Crippen molar-refractivity contribution in [2.75, 3.05) is 0 Å². The SMILES string of the molecule is CC(C)([CH]=[W]=[CH][n+]1cccc2ccc3cccnc3c21)c1ccccc1. The van der Waals surface area contributed by atoms with Gasteiger partial charge in [-0.25, -0.2) is 0 Å². The number of hydrogen-bond acceptors (Lipinski definition) is 1. The topological polar surface area (TPSA) is 16.8 Å². The van der Waals surface area contributed by atoms with Gasteiger partial charge in [-0.15, -0.1) is 0 Å². The molecule has 0 saturated heterocycles. The van der Waals surface area contributed by atoms with E-state index in [1.54, 1.807) is 0 Å². The Morgan fingerprint density at radius 2 is 1.65 bits per heavy atom. The molecule has 0 aliphatic heterocycles. The zero-order valence-corrected chi connectivity index (χ0v) is 17.9. The van der Waals surface area contributed by atoms with E-state index in [-0.39, 0.29) is 5.41 Å². The third kappa shape index (κ3) is 3.34. The normalized spacial score (nSPS) is 11.5. The first-order chi connectivity index (χ1) is 12.6. The fourth-order valence-corrected chi connectivity index (χ4v) is 6.19. The van der Waals surface area contributed by atoms with Crippen LogP contribution in [0.4, 0.5) is 0 Å². The molecule has 2 nitrogen and oxygen atoms in total. The molecular weight excluding hydrogens is 488 g/mol. The monoisotopic (exact) mass is 509 g/mol. The van der Waals surface area contributed by atoms with E-state index in [0.717, 1.165) is 5.52 Å². The molecule has 0 atom stereocenters. The van der Waals surface area contributed by atoms with Gasteiger partial charge in [-0.05, 0) is 0 Å². The van der Waals surface area contributed by atoms with E-state index in [4.69, 9.17) is 0 Å². The third-order valence-electron chi connectivity index (χ3n) is 4.61. The van der Waals surface area contributed by atoms with Gasteiger partial charge in [0, 0.05) is 0 Å². The predicted molar refractivity (Wildman–Crippen MR) is 106 cm³/mol. The molecule has 0 aliphatic rings. The maximum atomic E-state index is 4.64. The van der Waals surface area contributed by atoms with Crippen LogP contribution in [0.1, 0.15) is 19.4 Å². The Balaban J connectivity index is 1.82. The molecule has 2 aromatic carbocycles. The molecule has 0 bridgehead atoms. The van der Waals surface area contributed by atoms with Gasteiger partial charge in [-0.1, -0.05) is 0 Å². The standard InChI is InChI=1S/C13H9N2.C10H12.W/c1-15-9-3-5-11-7-6-10-4-2-8-14-12(10)13(11)15;1-10(2,3)9-7-5-4-6-8-9;/h1-9H;1,4-8H,2-3H3;/q+1;;. The molecule has 4 rings (SSSR count). The summed E-state index contributed by atoms with van der Waals surface area (Å²) in [7, 11) is 0. The Kier molecular flexibility index (Phi) is 4.69. The molecule has 2 aromatic heterocycles. The van der Waals surface area contributed by atoms with Gasteiger partial charge < -0.3 is 0 Å². The van der Waals surface area contributed by atoms with Crippen LogP contribution in [0.5, 0.6) is 0 Å². The summed E-state index contributed by atoms with van der Waals surface area (Å²) in [6.07, 6.45) is 4.03. The van der Waals surface area contributed by atoms with Crippen molar-refractivity contribution in [1.29, 1.82) is 0 Å². The minimum absolute atomic E-state index is 0.105. The van der Waals surface area contributed by atoms with Crippen LogP contribution in [-0.2, 0) is 23.1 Å². The van der Waals surface area contributed by atoms with Gasteiger partial charge in [0.25, 0.3) is 0 Å². The molecule has 0 unspecified atom stereocenters. The van der Waals surface area contributed by atoms with E-state index < -0.39 is 17.6 Å². The molecule has 0 aliphatic carbocycles. The number of aromatic nitrogens is 2. The summed E-state index contributed by atoms with van der Waals surface area (Å²) in [5, 5.41) is 2.42. The van der Waals surface area contributed by atoms with Crippen LogP contribution >= 0.6 is 0 Å². The van der Waals surface area contributed by atoms with Crippen molar-refractivity contribution in [1.82, 2.24) is 4.98 Å². The van der Waals surface area contributed by atoms with Gasteiger partial charge >= 0.3 is 162 Å². The molecule has 0 amide bonds. The van der Waals surface area contributed by atoms with Gasteiger partial charge in [0.2, 0.25) is 0 Å². The Hall–Kier alpha value is -2.31. The fraction of sp³-hybridized carbons (Fsp3) is 0.130. The molecule has 2 heterocycles. The molecule has 0 spiro atoms. The van der Waals surface area contributed by atoms with Crippen LogP contribution in [0.3, 0.4) is 0 Å². The first-order valence-corrected chi connectivity index (χ1v) is 12.1. The van der Waals surface area contributed by atoms with Gasteiger partial charge in [0.05, 0.1) is 0 Å². The quantitative estimate of drug-likeness (QED) is 0.300. The summed E-state index contributed by atoms with van der Waals surface area (Å²) in [6.45, 7) is 4.61. The molecular formula is C23H21N2W+. The molecule has 0 fully saturated rings. The molecule has 0 N–H and O–H groups in total.